The van der Waals surface area contributed by atoms with E-state index in [-0.39, 0.29) is 5.91 Å². The van der Waals surface area contributed by atoms with E-state index in [2.05, 4.69) is 25.9 Å². The molecule has 0 unspecified atom stereocenters. The Morgan fingerprint density at radius 2 is 2.31 bits per heavy atom. The maximum atomic E-state index is 12.5. The van der Waals surface area contributed by atoms with Crippen LogP contribution in [-0.4, -0.2) is 39.0 Å². The fraction of sp³-hybridized carbons (Fsp3) is 0.412. The molecule has 0 aromatic carbocycles. The number of carbonyl (C=O) groups excluding carboxylic acids is 1. The van der Waals surface area contributed by atoms with Gasteiger partial charge in [0.2, 0.25) is 0 Å². The van der Waals surface area contributed by atoms with Gasteiger partial charge < -0.3 is 15.1 Å². The first kappa shape index (κ1) is 16.9. The number of hydrogen-bond donors (Lipinski definition) is 2. The summed E-state index contributed by atoms with van der Waals surface area (Å²) in [4.78, 5) is 17.0. The number of amides is 1. The SMILES string of the molecule is Cc1c(C(=O)NCc2csc(-c3ccco3)n2)nnn1C1CCNCC1. The van der Waals surface area contributed by atoms with Crippen LogP contribution in [0.3, 0.4) is 0 Å². The van der Waals surface area contributed by atoms with Crippen LogP contribution in [0, 0.1) is 6.92 Å². The minimum atomic E-state index is -0.227. The number of rotatable bonds is 5. The van der Waals surface area contributed by atoms with E-state index in [1.54, 1.807) is 6.26 Å². The minimum Gasteiger partial charge on any atom is -0.462 e. The Kier molecular flexibility index (Phi) is 4.81. The zero-order valence-corrected chi connectivity index (χ0v) is 15.3. The van der Waals surface area contributed by atoms with Crippen molar-refractivity contribution in [3.63, 3.8) is 0 Å². The molecule has 0 saturated carbocycles. The van der Waals surface area contributed by atoms with Gasteiger partial charge in [0.1, 0.15) is 0 Å². The lowest BCUT2D eigenvalue weighted by Crippen LogP contribution is -2.30. The predicted molar refractivity (Wildman–Crippen MR) is 96.9 cm³/mol. The molecule has 3 aromatic heterocycles. The molecule has 1 aliphatic rings. The van der Waals surface area contributed by atoms with E-state index in [1.165, 1.54) is 11.3 Å². The average molecular weight is 372 g/mol. The van der Waals surface area contributed by atoms with Crippen molar-refractivity contribution in [1.82, 2.24) is 30.6 Å². The molecule has 1 amide bonds. The molecule has 2 N–H and O–H groups in total. The number of furan rings is 1. The molecule has 0 spiro atoms. The van der Waals surface area contributed by atoms with Crippen molar-refractivity contribution in [3.05, 3.63) is 40.9 Å². The van der Waals surface area contributed by atoms with Crippen LogP contribution in [-0.2, 0) is 6.54 Å². The van der Waals surface area contributed by atoms with Gasteiger partial charge in [0, 0.05) is 5.38 Å². The summed E-state index contributed by atoms with van der Waals surface area (Å²) in [6.07, 6.45) is 3.62. The molecule has 0 aliphatic carbocycles. The van der Waals surface area contributed by atoms with Gasteiger partial charge in [0.25, 0.3) is 5.91 Å². The second-order valence-electron chi connectivity index (χ2n) is 6.25. The second-order valence-corrected chi connectivity index (χ2v) is 7.11. The van der Waals surface area contributed by atoms with Gasteiger partial charge in [-0.15, -0.1) is 16.4 Å². The highest BCUT2D eigenvalue weighted by Crippen LogP contribution is 2.24. The van der Waals surface area contributed by atoms with Crippen molar-refractivity contribution in [2.24, 2.45) is 0 Å². The van der Waals surface area contributed by atoms with Crippen LogP contribution in [0.25, 0.3) is 10.8 Å². The summed E-state index contributed by atoms with van der Waals surface area (Å²) in [7, 11) is 0. The van der Waals surface area contributed by atoms with E-state index < -0.39 is 0 Å². The first-order chi connectivity index (χ1) is 12.7. The van der Waals surface area contributed by atoms with Crippen LogP contribution >= 0.6 is 11.3 Å². The van der Waals surface area contributed by atoms with E-state index in [4.69, 9.17) is 4.42 Å². The first-order valence-corrected chi connectivity index (χ1v) is 9.49. The Labute approximate surface area is 154 Å². The van der Waals surface area contributed by atoms with Crippen molar-refractivity contribution in [3.8, 4) is 10.8 Å². The molecule has 1 aliphatic heterocycles. The van der Waals surface area contributed by atoms with Crippen molar-refractivity contribution in [2.75, 3.05) is 13.1 Å². The van der Waals surface area contributed by atoms with Crippen molar-refractivity contribution < 1.29 is 9.21 Å². The predicted octanol–water partition coefficient (Wildman–Crippen LogP) is 2.16. The van der Waals surface area contributed by atoms with Gasteiger partial charge >= 0.3 is 0 Å². The number of aromatic nitrogens is 4. The fourth-order valence-corrected chi connectivity index (χ4v) is 3.89. The molecule has 4 rings (SSSR count). The molecule has 1 fully saturated rings. The summed E-state index contributed by atoms with van der Waals surface area (Å²) in [6, 6.07) is 4.00. The molecule has 136 valence electrons. The average Bonchev–Trinajstić information content (AvgIpc) is 3.41. The maximum absolute atomic E-state index is 12.5. The van der Waals surface area contributed by atoms with Crippen LogP contribution in [0.1, 0.15) is 40.8 Å². The highest BCUT2D eigenvalue weighted by atomic mass is 32.1. The van der Waals surface area contributed by atoms with Crippen LogP contribution in [0.5, 0.6) is 0 Å². The zero-order chi connectivity index (χ0) is 17.9. The standard InChI is InChI=1S/C17H20N6O2S/c1-11-15(21-22-23(11)13-4-6-18-7-5-13)16(24)19-9-12-10-26-17(20-12)14-3-2-8-25-14/h2-3,8,10,13,18H,4-7,9H2,1H3,(H,19,24). The highest BCUT2D eigenvalue weighted by Gasteiger charge is 2.22. The molecule has 1 saturated heterocycles. The third-order valence-corrected chi connectivity index (χ3v) is 5.42. The third-order valence-electron chi connectivity index (χ3n) is 4.51. The Balaban J connectivity index is 1.40. The summed E-state index contributed by atoms with van der Waals surface area (Å²) >= 11 is 1.49. The summed E-state index contributed by atoms with van der Waals surface area (Å²) in [5.41, 5.74) is 1.98. The van der Waals surface area contributed by atoms with Gasteiger partial charge in [-0.1, -0.05) is 5.21 Å². The largest absolute Gasteiger partial charge is 0.462 e. The number of piperidine rings is 1. The van der Waals surface area contributed by atoms with Gasteiger partial charge in [-0.2, -0.15) is 0 Å². The lowest BCUT2D eigenvalue weighted by atomic mass is 10.1. The molecule has 0 radical (unpaired) electrons. The minimum absolute atomic E-state index is 0.227. The number of hydrogen-bond acceptors (Lipinski definition) is 7. The van der Waals surface area contributed by atoms with Gasteiger partial charge in [0.15, 0.2) is 16.5 Å². The lowest BCUT2D eigenvalue weighted by molar-refractivity contribution is 0.0944. The van der Waals surface area contributed by atoms with Crippen LogP contribution in [0.4, 0.5) is 0 Å². The Morgan fingerprint density at radius 1 is 1.46 bits per heavy atom. The van der Waals surface area contributed by atoms with Gasteiger partial charge in [-0.3, -0.25) is 4.79 Å². The number of carbonyl (C=O) groups is 1. The smallest absolute Gasteiger partial charge is 0.274 e. The van der Waals surface area contributed by atoms with Crippen molar-refractivity contribution in [1.29, 1.82) is 0 Å². The number of nitrogens with one attached hydrogen (secondary N) is 2. The van der Waals surface area contributed by atoms with Crippen LogP contribution in [0.15, 0.2) is 28.2 Å². The Bertz CT molecular complexity index is 879. The van der Waals surface area contributed by atoms with Gasteiger partial charge in [-0.05, 0) is 45.0 Å². The topological polar surface area (TPSA) is 97.9 Å². The molecule has 26 heavy (non-hydrogen) atoms. The van der Waals surface area contributed by atoms with Crippen LogP contribution in [0.2, 0.25) is 0 Å². The number of nitrogens with zero attached hydrogens (tertiary/aromatic N) is 4. The summed E-state index contributed by atoms with van der Waals surface area (Å²) in [6.45, 7) is 4.17. The zero-order valence-electron chi connectivity index (χ0n) is 14.4. The van der Waals surface area contributed by atoms with E-state index in [1.807, 2.05) is 29.1 Å². The molecule has 3 aromatic rings. The monoisotopic (exact) mass is 372 g/mol. The lowest BCUT2D eigenvalue weighted by Gasteiger charge is -2.23. The van der Waals surface area contributed by atoms with E-state index in [9.17, 15) is 4.79 Å². The van der Waals surface area contributed by atoms with Crippen molar-refractivity contribution >= 4 is 17.2 Å². The molecule has 0 bridgehead atoms. The van der Waals surface area contributed by atoms with Gasteiger partial charge in [0.05, 0.1) is 30.2 Å². The molecule has 0 atom stereocenters. The Morgan fingerprint density at radius 3 is 3.08 bits per heavy atom. The maximum Gasteiger partial charge on any atom is 0.274 e. The normalized spacial score (nSPS) is 15.3. The quantitative estimate of drug-likeness (QED) is 0.712. The summed E-state index contributed by atoms with van der Waals surface area (Å²) < 4.78 is 7.22. The van der Waals surface area contributed by atoms with E-state index in [0.717, 1.165) is 48.1 Å². The molecule has 8 nitrogen and oxygen atoms in total. The van der Waals surface area contributed by atoms with Crippen molar-refractivity contribution in [2.45, 2.75) is 32.4 Å². The first-order valence-electron chi connectivity index (χ1n) is 8.61. The molecular weight excluding hydrogens is 352 g/mol. The molecule has 9 heteroatoms. The van der Waals surface area contributed by atoms with Gasteiger partial charge in [-0.25, -0.2) is 9.67 Å². The molecular formula is C17H20N6O2S. The highest BCUT2D eigenvalue weighted by molar-refractivity contribution is 7.13. The third kappa shape index (κ3) is 3.40. The Hall–Kier alpha value is -2.52. The number of thiazole rings is 1. The van der Waals surface area contributed by atoms with E-state index >= 15 is 0 Å². The van der Waals surface area contributed by atoms with E-state index in [0.29, 0.717) is 18.3 Å². The van der Waals surface area contributed by atoms with Crippen LogP contribution < -0.4 is 10.6 Å². The molecule has 4 heterocycles. The summed E-state index contributed by atoms with van der Waals surface area (Å²) in [5.74, 6) is 0.503. The summed E-state index contributed by atoms with van der Waals surface area (Å²) in [5, 5.41) is 17.2. The second kappa shape index (κ2) is 7.38. The fourth-order valence-electron chi connectivity index (χ4n) is 3.10.